The first-order valence-electron chi connectivity index (χ1n) is 11.7. The van der Waals surface area contributed by atoms with Crippen molar-refractivity contribution in [2.45, 2.75) is 29.3 Å². The summed E-state index contributed by atoms with van der Waals surface area (Å²) in [6, 6.07) is 27.3. The van der Waals surface area contributed by atoms with E-state index >= 15 is 0 Å². The molecule has 2 N–H and O–H groups in total. The Morgan fingerprint density at radius 2 is 1.50 bits per heavy atom. The van der Waals surface area contributed by atoms with E-state index in [-0.39, 0.29) is 12.3 Å². The summed E-state index contributed by atoms with van der Waals surface area (Å²) in [7, 11) is 0. The zero-order valence-electron chi connectivity index (χ0n) is 19.5. The Balaban J connectivity index is 1.52. The summed E-state index contributed by atoms with van der Waals surface area (Å²) < 4.78 is 0. The number of nitrogens with zero attached hydrogens (tertiary/aromatic N) is 1. The molecule has 0 saturated carbocycles. The summed E-state index contributed by atoms with van der Waals surface area (Å²) in [6.07, 6.45) is 0.148. The number of benzene rings is 3. The average Bonchev–Trinajstić information content (AvgIpc) is 2.90. The van der Waals surface area contributed by atoms with Gasteiger partial charge in [-0.1, -0.05) is 97.6 Å². The second-order valence-electron chi connectivity index (χ2n) is 9.05. The molecule has 0 radical (unpaired) electrons. The van der Waals surface area contributed by atoms with Gasteiger partial charge in [0.15, 0.2) is 5.54 Å². The molecule has 2 fully saturated rings. The Morgan fingerprint density at radius 3 is 2.03 bits per heavy atom. The van der Waals surface area contributed by atoms with Gasteiger partial charge in [0.05, 0.1) is 6.42 Å². The molecule has 0 spiro atoms. The van der Waals surface area contributed by atoms with Crippen LogP contribution in [0.2, 0.25) is 0 Å². The number of thioether (sulfide) groups is 1. The van der Waals surface area contributed by atoms with Crippen molar-refractivity contribution in [3.63, 3.8) is 0 Å². The van der Waals surface area contributed by atoms with Gasteiger partial charge >= 0.3 is 5.97 Å². The first kappa shape index (κ1) is 23.9. The van der Waals surface area contributed by atoms with E-state index in [1.54, 1.807) is 0 Å². The van der Waals surface area contributed by atoms with Crippen LogP contribution < -0.4 is 5.32 Å². The zero-order valence-corrected chi connectivity index (χ0v) is 20.4. The second kappa shape index (κ2) is 9.66. The van der Waals surface area contributed by atoms with E-state index in [1.165, 1.54) is 16.7 Å². The summed E-state index contributed by atoms with van der Waals surface area (Å²) in [5.41, 5.74) is 1.17. The third kappa shape index (κ3) is 3.89. The summed E-state index contributed by atoms with van der Waals surface area (Å²) in [4.78, 5) is 41.0. The first-order chi connectivity index (χ1) is 17.4. The van der Waals surface area contributed by atoms with E-state index in [9.17, 15) is 19.5 Å². The van der Waals surface area contributed by atoms with E-state index in [0.29, 0.717) is 11.3 Å². The molecule has 3 unspecified atom stereocenters. The van der Waals surface area contributed by atoms with Crippen molar-refractivity contribution in [2.75, 3.05) is 5.75 Å². The number of aliphatic carboxylic acids is 1. The van der Waals surface area contributed by atoms with Crippen LogP contribution in [-0.4, -0.2) is 50.5 Å². The van der Waals surface area contributed by atoms with E-state index in [2.05, 4.69) is 11.9 Å². The van der Waals surface area contributed by atoms with E-state index in [1.807, 2.05) is 91.0 Å². The molecule has 3 aromatic carbocycles. The third-order valence-electron chi connectivity index (χ3n) is 6.92. The van der Waals surface area contributed by atoms with Crippen LogP contribution in [0.1, 0.15) is 22.6 Å². The minimum absolute atomic E-state index is 0.148. The maximum absolute atomic E-state index is 13.6. The highest BCUT2D eigenvalue weighted by Crippen LogP contribution is 2.53. The molecule has 2 aliphatic rings. The lowest BCUT2D eigenvalue weighted by molar-refractivity contribution is -0.170. The number of fused-ring (bicyclic) bond motifs is 1. The molecule has 2 aliphatic heterocycles. The monoisotopic (exact) mass is 498 g/mol. The number of nitrogens with one attached hydrogen (secondary N) is 1. The zero-order chi connectivity index (χ0) is 25.3. The number of amides is 2. The highest BCUT2D eigenvalue weighted by molar-refractivity contribution is 8.00. The molecule has 0 aliphatic carbocycles. The van der Waals surface area contributed by atoms with E-state index in [0.717, 1.165) is 16.7 Å². The molecule has 5 rings (SSSR count). The Labute approximate surface area is 214 Å². The number of carbonyl (C=O) groups is 3. The van der Waals surface area contributed by atoms with Crippen LogP contribution >= 0.6 is 11.8 Å². The Hall–Kier alpha value is -3.84. The van der Waals surface area contributed by atoms with E-state index in [4.69, 9.17) is 0 Å². The minimum atomic E-state index is -1.68. The molecule has 2 heterocycles. The van der Waals surface area contributed by atoms with Crippen molar-refractivity contribution in [2.24, 2.45) is 0 Å². The van der Waals surface area contributed by atoms with Crippen molar-refractivity contribution in [3.8, 4) is 0 Å². The minimum Gasteiger partial charge on any atom is -0.479 e. The Morgan fingerprint density at radius 1 is 0.972 bits per heavy atom. The van der Waals surface area contributed by atoms with Crippen LogP contribution in [-0.2, 0) is 20.8 Å². The van der Waals surface area contributed by atoms with Gasteiger partial charge in [-0.3, -0.25) is 9.59 Å². The molecular weight excluding hydrogens is 472 g/mol. The number of carboxylic acid groups (broad SMARTS) is 1. The smallest absolute Gasteiger partial charge is 0.335 e. The maximum Gasteiger partial charge on any atom is 0.335 e. The van der Waals surface area contributed by atoms with Gasteiger partial charge in [-0.05, 0) is 22.3 Å². The fourth-order valence-corrected chi connectivity index (χ4v) is 6.69. The molecule has 182 valence electrons. The Bertz CT molecular complexity index is 1260. The van der Waals surface area contributed by atoms with Gasteiger partial charge in [0, 0.05) is 11.7 Å². The topological polar surface area (TPSA) is 86.7 Å². The SMILES string of the molecule is C=C1CSC2C(NC(=O)Cc3ccccc3)C(=O)N2C1(C(=O)O)C(c1ccccc1)c1ccccc1. The van der Waals surface area contributed by atoms with Gasteiger partial charge < -0.3 is 15.3 Å². The molecular formula is C29H26N2O4S. The van der Waals surface area contributed by atoms with Crippen molar-refractivity contribution < 1.29 is 19.5 Å². The predicted molar refractivity (Wildman–Crippen MR) is 139 cm³/mol. The van der Waals surface area contributed by atoms with Crippen LogP contribution in [0.3, 0.4) is 0 Å². The van der Waals surface area contributed by atoms with Crippen LogP contribution in [0.4, 0.5) is 0 Å². The fourth-order valence-electron chi connectivity index (χ4n) is 5.30. The van der Waals surface area contributed by atoms with Gasteiger partial charge in [0.2, 0.25) is 11.8 Å². The second-order valence-corrected chi connectivity index (χ2v) is 10.2. The lowest BCUT2D eigenvalue weighted by atomic mass is 9.68. The average molecular weight is 499 g/mol. The summed E-state index contributed by atoms with van der Waals surface area (Å²) >= 11 is 1.44. The summed E-state index contributed by atoms with van der Waals surface area (Å²) in [6.45, 7) is 4.17. The first-order valence-corrected chi connectivity index (χ1v) is 12.8. The maximum atomic E-state index is 13.6. The highest BCUT2D eigenvalue weighted by Gasteiger charge is 2.67. The summed E-state index contributed by atoms with van der Waals surface area (Å²) in [5, 5.41) is 13.1. The number of hydrogen-bond acceptors (Lipinski definition) is 4. The third-order valence-corrected chi connectivity index (χ3v) is 8.26. The predicted octanol–water partition coefficient (Wildman–Crippen LogP) is 3.84. The van der Waals surface area contributed by atoms with Gasteiger partial charge in [0.1, 0.15) is 11.4 Å². The van der Waals surface area contributed by atoms with Gasteiger partial charge in [-0.15, -0.1) is 11.8 Å². The number of rotatable bonds is 7. The summed E-state index contributed by atoms with van der Waals surface area (Å²) in [5.74, 6) is -2.11. The molecule has 6 nitrogen and oxygen atoms in total. The van der Waals surface area contributed by atoms with Gasteiger partial charge in [-0.2, -0.15) is 0 Å². The molecule has 7 heteroatoms. The molecule has 2 saturated heterocycles. The fraction of sp³-hybridized carbons (Fsp3) is 0.207. The normalized spacial score (nSPS) is 23.1. The van der Waals surface area contributed by atoms with Crippen molar-refractivity contribution in [3.05, 3.63) is 120 Å². The Kier molecular flexibility index (Phi) is 6.41. The number of carboxylic acids is 1. The molecule has 36 heavy (non-hydrogen) atoms. The van der Waals surface area contributed by atoms with Crippen LogP contribution in [0.5, 0.6) is 0 Å². The molecule has 0 bridgehead atoms. The molecule has 2 amide bonds. The van der Waals surface area contributed by atoms with Crippen LogP contribution in [0, 0.1) is 0 Å². The molecule has 3 aromatic rings. The lowest BCUT2D eigenvalue weighted by Gasteiger charge is -2.60. The van der Waals surface area contributed by atoms with Gasteiger partial charge in [0.25, 0.3) is 0 Å². The van der Waals surface area contributed by atoms with Gasteiger partial charge in [-0.25, -0.2) is 4.79 Å². The number of carbonyl (C=O) groups excluding carboxylic acids is 2. The standard InChI is InChI=1S/C29H26N2O4S/c1-19-18-36-27-25(30-23(32)17-20-11-5-2-6-12-20)26(33)31(27)29(19,28(34)35)24(21-13-7-3-8-14-21)22-15-9-4-10-16-22/h2-16,24-25,27H,1,17-18H2,(H,30,32)(H,34,35). The van der Waals surface area contributed by atoms with Crippen LogP contribution in [0.25, 0.3) is 0 Å². The lowest BCUT2D eigenvalue weighted by Crippen LogP contribution is -2.80. The number of β-lactam (4-membered cyclic amide) rings is 1. The van der Waals surface area contributed by atoms with Crippen molar-refractivity contribution in [1.29, 1.82) is 0 Å². The largest absolute Gasteiger partial charge is 0.479 e. The molecule has 0 aromatic heterocycles. The quantitative estimate of drug-likeness (QED) is 0.382. The highest BCUT2D eigenvalue weighted by atomic mass is 32.2. The van der Waals surface area contributed by atoms with E-state index < -0.39 is 34.7 Å². The molecule has 3 atom stereocenters. The van der Waals surface area contributed by atoms with Crippen molar-refractivity contribution >= 4 is 29.5 Å². The van der Waals surface area contributed by atoms with Crippen LogP contribution in [0.15, 0.2) is 103 Å². The number of hydrogen-bond donors (Lipinski definition) is 2. The van der Waals surface area contributed by atoms with Crippen molar-refractivity contribution in [1.82, 2.24) is 10.2 Å².